The van der Waals surface area contributed by atoms with E-state index in [-0.39, 0.29) is 15.3 Å². The van der Waals surface area contributed by atoms with Crippen molar-refractivity contribution in [3.05, 3.63) is 56.8 Å². The molecule has 0 saturated carbocycles. The second kappa shape index (κ2) is 4.82. The number of fused-ring (bicyclic) bond motifs is 2. The van der Waals surface area contributed by atoms with E-state index in [0.29, 0.717) is 0 Å². The van der Waals surface area contributed by atoms with E-state index in [1.165, 1.54) is 36.9 Å². The molecule has 0 radical (unpaired) electrons. The summed E-state index contributed by atoms with van der Waals surface area (Å²) in [7, 11) is 0. The summed E-state index contributed by atoms with van der Waals surface area (Å²) in [6.07, 6.45) is 2.32. The summed E-state index contributed by atoms with van der Waals surface area (Å²) in [6, 6.07) is 13.2. The van der Waals surface area contributed by atoms with Crippen molar-refractivity contribution < 1.29 is 0 Å². The standard InChI is InChI=1S/C16H16AsN/c1-3-6-12-8-5-9-13-16(12)18-14-10-4-7-11(2)15(14)17-13/h4-5,7-10H,3,6H2,1-2H3. The van der Waals surface area contributed by atoms with E-state index in [1.807, 2.05) is 0 Å². The van der Waals surface area contributed by atoms with Gasteiger partial charge in [0.25, 0.3) is 0 Å². The van der Waals surface area contributed by atoms with Gasteiger partial charge in [-0.15, -0.1) is 0 Å². The van der Waals surface area contributed by atoms with Crippen LogP contribution in [0.2, 0.25) is 0 Å². The third-order valence-corrected chi connectivity index (χ3v) is 6.25. The second-order valence-electron chi connectivity index (χ2n) is 4.70. The monoisotopic (exact) mass is 297 g/mol. The summed E-state index contributed by atoms with van der Waals surface area (Å²) in [5, 5.41) is 1.26. The summed E-state index contributed by atoms with van der Waals surface area (Å²) in [4.78, 5) is 4.91. The Hall–Kier alpha value is -1.20. The van der Waals surface area contributed by atoms with Crippen molar-refractivity contribution >= 4 is 25.3 Å². The van der Waals surface area contributed by atoms with Crippen molar-refractivity contribution in [1.29, 1.82) is 0 Å². The summed E-state index contributed by atoms with van der Waals surface area (Å²) >= 11 is 0.0933. The van der Waals surface area contributed by atoms with E-state index < -0.39 is 0 Å². The number of hydrogen-bond donors (Lipinski definition) is 0. The van der Waals surface area contributed by atoms with Gasteiger partial charge in [-0.1, -0.05) is 0 Å². The molecular formula is C16H16AsN. The minimum absolute atomic E-state index is 0.0933. The van der Waals surface area contributed by atoms with Gasteiger partial charge in [0.05, 0.1) is 0 Å². The van der Waals surface area contributed by atoms with Crippen molar-refractivity contribution in [3.63, 3.8) is 0 Å². The van der Waals surface area contributed by atoms with Crippen LogP contribution < -0.4 is 9.71 Å². The Balaban J connectivity index is 2.30. The molecule has 0 aliphatic carbocycles. The van der Waals surface area contributed by atoms with Gasteiger partial charge in [0.2, 0.25) is 0 Å². The maximum atomic E-state index is 4.91. The predicted octanol–water partition coefficient (Wildman–Crippen LogP) is 2.49. The zero-order valence-electron chi connectivity index (χ0n) is 10.8. The third-order valence-electron chi connectivity index (χ3n) is 3.30. The van der Waals surface area contributed by atoms with Gasteiger partial charge in [-0.3, -0.25) is 0 Å². The van der Waals surface area contributed by atoms with Gasteiger partial charge < -0.3 is 0 Å². The molecule has 0 N–H and O–H groups in total. The number of aryl methyl sites for hydroxylation is 2. The molecule has 0 saturated heterocycles. The first-order valence-electron chi connectivity index (χ1n) is 6.44. The summed E-state index contributed by atoms with van der Waals surface area (Å²) in [6.45, 7) is 4.43. The Morgan fingerprint density at radius 3 is 2.78 bits per heavy atom. The van der Waals surface area contributed by atoms with E-state index in [1.54, 1.807) is 0 Å². The molecule has 2 aromatic carbocycles. The Labute approximate surface area is 114 Å². The number of nitrogens with zero attached hydrogens (tertiary/aromatic N) is 1. The molecule has 2 heteroatoms. The number of benzene rings is 2. The van der Waals surface area contributed by atoms with E-state index in [4.69, 9.17) is 4.99 Å². The summed E-state index contributed by atoms with van der Waals surface area (Å²) in [5.74, 6) is 0. The average molecular weight is 297 g/mol. The third kappa shape index (κ3) is 1.97. The van der Waals surface area contributed by atoms with E-state index in [0.717, 1.165) is 6.42 Å². The topological polar surface area (TPSA) is 12.4 Å². The van der Waals surface area contributed by atoms with E-state index in [9.17, 15) is 0 Å². The van der Waals surface area contributed by atoms with Crippen LogP contribution in [0.1, 0.15) is 24.5 Å². The number of para-hydroxylation sites is 1. The first kappa shape index (κ1) is 11.9. The number of rotatable bonds is 2. The maximum absolute atomic E-state index is 4.91. The van der Waals surface area contributed by atoms with Crippen LogP contribution in [0.15, 0.2) is 41.4 Å². The first-order chi connectivity index (χ1) is 8.79. The Kier molecular flexibility index (Phi) is 3.18. The summed E-state index contributed by atoms with van der Waals surface area (Å²) in [5.41, 5.74) is 4.01. The predicted molar refractivity (Wildman–Crippen MR) is 76.7 cm³/mol. The molecule has 18 heavy (non-hydrogen) atoms. The van der Waals surface area contributed by atoms with Crippen LogP contribution in [0.3, 0.4) is 0 Å². The van der Waals surface area contributed by atoms with Crippen molar-refractivity contribution in [2.45, 2.75) is 26.7 Å². The molecule has 1 heterocycles. The minimum atomic E-state index is 0.0933. The van der Waals surface area contributed by atoms with Crippen molar-refractivity contribution in [2.75, 3.05) is 0 Å². The van der Waals surface area contributed by atoms with Crippen LogP contribution in [-0.2, 0) is 6.42 Å². The Morgan fingerprint density at radius 2 is 1.94 bits per heavy atom. The SMILES string of the molecule is CCCc1cccc2c1=Nc1cccc(C)c1[As]=2. The zero-order valence-corrected chi connectivity index (χ0v) is 12.6. The van der Waals surface area contributed by atoms with Crippen LogP contribution >= 0.6 is 0 Å². The van der Waals surface area contributed by atoms with Crippen LogP contribution in [0, 0.1) is 10.9 Å². The van der Waals surface area contributed by atoms with Gasteiger partial charge in [0.1, 0.15) is 0 Å². The summed E-state index contributed by atoms with van der Waals surface area (Å²) < 4.78 is 2.95. The van der Waals surface area contributed by atoms with Gasteiger partial charge in [-0.25, -0.2) is 0 Å². The van der Waals surface area contributed by atoms with Gasteiger partial charge in [-0.05, 0) is 0 Å². The molecule has 0 atom stereocenters. The molecule has 2 aromatic rings. The normalized spacial score (nSPS) is 13.0. The molecule has 0 bridgehead atoms. The molecule has 1 nitrogen and oxygen atoms in total. The second-order valence-corrected chi connectivity index (χ2v) is 7.12. The van der Waals surface area contributed by atoms with Gasteiger partial charge in [-0.2, -0.15) is 0 Å². The van der Waals surface area contributed by atoms with Crippen molar-refractivity contribution in [2.24, 2.45) is 4.99 Å². The van der Waals surface area contributed by atoms with Gasteiger partial charge in [0.15, 0.2) is 0 Å². The molecule has 3 rings (SSSR count). The quantitative estimate of drug-likeness (QED) is 0.645. The molecule has 0 unspecified atom stereocenters. The van der Waals surface area contributed by atoms with Crippen LogP contribution in [0.5, 0.6) is 0 Å². The molecule has 1 aliphatic heterocycles. The van der Waals surface area contributed by atoms with Crippen molar-refractivity contribution in [1.82, 2.24) is 0 Å². The fraction of sp³-hybridized carbons (Fsp3) is 0.250. The van der Waals surface area contributed by atoms with E-state index >= 15 is 0 Å². The molecule has 0 aromatic heterocycles. The molecular weight excluding hydrogens is 281 g/mol. The molecule has 0 spiro atoms. The van der Waals surface area contributed by atoms with Crippen LogP contribution in [-0.4, -0.2) is 15.3 Å². The van der Waals surface area contributed by atoms with Gasteiger partial charge >= 0.3 is 114 Å². The molecule has 90 valence electrons. The zero-order chi connectivity index (χ0) is 12.5. The van der Waals surface area contributed by atoms with Crippen molar-refractivity contribution in [3.8, 4) is 0 Å². The van der Waals surface area contributed by atoms with Gasteiger partial charge in [0, 0.05) is 0 Å². The van der Waals surface area contributed by atoms with Crippen LogP contribution in [0.4, 0.5) is 5.69 Å². The molecule has 1 aliphatic rings. The fourth-order valence-electron chi connectivity index (χ4n) is 2.39. The first-order valence-corrected chi connectivity index (χ1v) is 8.32. The Bertz CT molecular complexity index is 716. The molecule has 0 fully saturated rings. The fourth-order valence-corrected chi connectivity index (χ4v) is 4.89. The van der Waals surface area contributed by atoms with Crippen LogP contribution in [0.25, 0.3) is 0 Å². The average Bonchev–Trinajstić information content (AvgIpc) is 2.38. The van der Waals surface area contributed by atoms with E-state index in [2.05, 4.69) is 50.2 Å². The molecule has 0 amide bonds. The number of hydrogen-bond acceptors (Lipinski definition) is 1. The Morgan fingerprint density at radius 1 is 1.11 bits per heavy atom.